The molecule has 0 radical (unpaired) electrons. The molecule has 3 nitrogen and oxygen atoms in total. The molecule has 0 aromatic heterocycles. The van der Waals surface area contributed by atoms with E-state index >= 15 is 0 Å². The van der Waals surface area contributed by atoms with Crippen LogP contribution in [0.4, 0.5) is 4.39 Å². The summed E-state index contributed by atoms with van der Waals surface area (Å²) in [6.45, 7) is 0.436. The lowest BCUT2D eigenvalue weighted by Crippen LogP contribution is -2.36. The van der Waals surface area contributed by atoms with Crippen LogP contribution in [0.2, 0.25) is 0 Å². The van der Waals surface area contributed by atoms with Gasteiger partial charge in [-0.1, -0.05) is 0 Å². The quantitative estimate of drug-likeness (QED) is 0.889. The van der Waals surface area contributed by atoms with Gasteiger partial charge in [-0.2, -0.15) is 5.26 Å². The van der Waals surface area contributed by atoms with Crippen molar-refractivity contribution in [3.05, 3.63) is 35.1 Å². The number of benzene rings is 1. The van der Waals surface area contributed by atoms with Crippen molar-refractivity contribution < 1.29 is 9.13 Å². The summed E-state index contributed by atoms with van der Waals surface area (Å²) in [7, 11) is 1.71. The van der Waals surface area contributed by atoms with E-state index in [4.69, 9.17) is 10.00 Å². The van der Waals surface area contributed by atoms with Gasteiger partial charge in [0.15, 0.2) is 0 Å². The molecule has 2 rings (SSSR count). The fourth-order valence-corrected chi connectivity index (χ4v) is 2.46. The second kappa shape index (κ2) is 5.94. The molecule has 4 heteroatoms. The zero-order chi connectivity index (χ0) is 13.0. The minimum Gasteiger partial charge on any atom is -0.380 e. The molecular weight excluding hydrogens is 231 g/mol. The highest BCUT2D eigenvalue weighted by atomic mass is 19.1. The fraction of sp³-hybridized carbons (Fsp3) is 0.500. The van der Waals surface area contributed by atoms with Crippen molar-refractivity contribution in [3.8, 4) is 6.07 Å². The molecule has 1 N–H and O–H groups in total. The molecule has 0 saturated heterocycles. The predicted molar refractivity (Wildman–Crippen MR) is 66.4 cm³/mol. The third-order valence-electron chi connectivity index (χ3n) is 3.48. The molecule has 0 aliphatic heterocycles. The molecule has 0 spiro atoms. The summed E-state index contributed by atoms with van der Waals surface area (Å²) >= 11 is 0. The molecule has 1 aliphatic carbocycles. The van der Waals surface area contributed by atoms with Crippen LogP contribution in [0.15, 0.2) is 18.2 Å². The molecule has 1 fully saturated rings. The van der Waals surface area contributed by atoms with Gasteiger partial charge in [-0.05, 0) is 37.5 Å². The Balaban J connectivity index is 1.99. The summed E-state index contributed by atoms with van der Waals surface area (Å²) in [5.41, 5.74) is 1.03. The number of hydrogen-bond donors (Lipinski definition) is 1. The van der Waals surface area contributed by atoms with Crippen LogP contribution in [-0.4, -0.2) is 19.3 Å². The molecule has 2 atom stereocenters. The zero-order valence-corrected chi connectivity index (χ0v) is 10.4. The Labute approximate surface area is 107 Å². The minimum absolute atomic E-state index is 0.215. The highest BCUT2D eigenvalue weighted by Crippen LogP contribution is 2.22. The van der Waals surface area contributed by atoms with E-state index in [1.165, 1.54) is 12.1 Å². The van der Waals surface area contributed by atoms with Crippen LogP contribution in [0.5, 0.6) is 0 Å². The van der Waals surface area contributed by atoms with Crippen molar-refractivity contribution in [1.29, 1.82) is 5.26 Å². The molecule has 0 amide bonds. The van der Waals surface area contributed by atoms with Gasteiger partial charge >= 0.3 is 0 Å². The van der Waals surface area contributed by atoms with Crippen molar-refractivity contribution in [2.75, 3.05) is 7.11 Å². The Morgan fingerprint density at radius 1 is 1.50 bits per heavy atom. The van der Waals surface area contributed by atoms with Crippen LogP contribution < -0.4 is 5.32 Å². The van der Waals surface area contributed by atoms with E-state index in [0.29, 0.717) is 17.7 Å². The van der Waals surface area contributed by atoms with E-state index in [-0.39, 0.29) is 18.0 Å². The standard InChI is InChI=1S/C14H17FN2O/c1-18-14-4-2-3-13(14)17-9-11-7-10(8-16)5-6-12(11)15/h5-7,13-14,17H,2-4,9H2,1H3. The van der Waals surface area contributed by atoms with Gasteiger partial charge in [0.2, 0.25) is 0 Å². The predicted octanol–water partition coefficient (Wildman–Crippen LogP) is 2.35. The number of nitrogens with zero attached hydrogens (tertiary/aromatic N) is 1. The number of nitriles is 1. The maximum atomic E-state index is 13.6. The number of rotatable bonds is 4. The van der Waals surface area contributed by atoms with E-state index in [1.807, 2.05) is 6.07 Å². The molecule has 96 valence electrons. The van der Waals surface area contributed by atoms with Crippen molar-refractivity contribution in [2.24, 2.45) is 0 Å². The highest BCUT2D eigenvalue weighted by molar-refractivity contribution is 5.33. The number of hydrogen-bond acceptors (Lipinski definition) is 3. The van der Waals surface area contributed by atoms with E-state index in [0.717, 1.165) is 19.3 Å². The maximum Gasteiger partial charge on any atom is 0.127 e. The van der Waals surface area contributed by atoms with Gasteiger partial charge in [-0.15, -0.1) is 0 Å². The number of halogens is 1. The van der Waals surface area contributed by atoms with Crippen molar-refractivity contribution >= 4 is 0 Å². The van der Waals surface area contributed by atoms with Gasteiger partial charge in [0.25, 0.3) is 0 Å². The maximum absolute atomic E-state index is 13.6. The average Bonchev–Trinajstić information content (AvgIpc) is 2.85. The topological polar surface area (TPSA) is 45.0 Å². The second-order valence-electron chi connectivity index (χ2n) is 4.61. The summed E-state index contributed by atoms with van der Waals surface area (Å²) in [5, 5.41) is 12.1. The normalized spacial score (nSPS) is 22.9. The number of ether oxygens (including phenoxy) is 1. The lowest BCUT2D eigenvalue weighted by molar-refractivity contribution is 0.0846. The van der Waals surface area contributed by atoms with E-state index in [9.17, 15) is 4.39 Å². The van der Waals surface area contributed by atoms with Crippen LogP contribution >= 0.6 is 0 Å². The van der Waals surface area contributed by atoms with Gasteiger partial charge in [-0.25, -0.2) is 4.39 Å². The summed E-state index contributed by atoms with van der Waals surface area (Å²) < 4.78 is 19.0. The van der Waals surface area contributed by atoms with Crippen LogP contribution in [0.3, 0.4) is 0 Å². The van der Waals surface area contributed by atoms with Crippen molar-refractivity contribution in [1.82, 2.24) is 5.32 Å². The smallest absolute Gasteiger partial charge is 0.127 e. The summed E-state index contributed by atoms with van der Waals surface area (Å²) in [6, 6.07) is 6.74. The minimum atomic E-state index is -0.270. The molecular formula is C14H17FN2O. The monoisotopic (exact) mass is 248 g/mol. The van der Waals surface area contributed by atoms with Gasteiger partial charge in [0.1, 0.15) is 5.82 Å². The van der Waals surface area contributed by atoms with Crippen molar-refractivity contribution in [2.45, 2.75) is 38.0 Å². The zero-order valence-electron chi connectivity index (χ0n) is 10.4. The Morgan fingerprint density at radius 2 is 2.33 bits per heavy atom. The van der Waals surface area contributed by atoms with E-state index in [2.05, 4.69) is 5.32 Å². The third kappa shape index (κ3) is 2.87. The summed E-state index contributed by atoms with van der Waals surface area (Å²) in [4.78, 5) is 0. The molecule has 2 unspecified atom stereocenters. The lowest BCUT2D eigenvalue weighted by Gasteiger charge is -2.19. The molecule has 18 heavy (non-hydrogen) atoms. The largest absolute Gasteiger partial charge is 0.380 e. The number of nitrogens with one attached hydrogen (secondary N) is 1. The second-order valence-corrected chi connectivity index (χ2v) is 4.61. The van der Waals surface area contributed by atoms with Crippen LogP contribution in [0.25, 0.3) is 0 Å². The highest BCUT2D eigenvalue weighted by Gasteiger charge is 2.26. The Kier molecular flexibility index (Phi) is 4.29. The molecule has 0 bridgehead atoms. The number of methoxy groups -OCH3 is 1. The Hall–Kier alpha value is -1.44. The van der Waals surface area contributed by atoms with E-state index in [1.54, 1.807) is 13.2 Å². The fourth-order valence-electron chi connectivity index (χ4n) is 2.46. The van der Waals surface area contributed by atoms with Gasteiger partial charge in [0.05, 0.1) is 17.7 Å². The Morgan fingerprint density at radius 3 is 3.06 bits per heavy atom. The third-order valence-corrected chi connectivity index (χ3v) is 3.48. The van der Waals surface area contributed by atoms with Crippen molar-refractivity contribution in [3.63, 3.8) is 0 Å². The first-order chi connectivity index (χ1) is 8.74. The first kappa shape index (κ1) is 13.0. The summed E-state index contributed by atoms with van der Waals surface area (Å²) in [5.74, 6) is -0.270. The van der Waals surface area contributed by atoms with Crippen LogP contribution in [-0.2, 0) is 11.3 Å². The van der Waals surface area contributed by atoms with Gasteiger partial charge < -0.3 is 10.1 Å². The molecule has 1 saturated carbocycles. The molecule has 1 aromatic rings. The van der Waals surface area contributed by atoms with Gasteiger partial charge in [0, 0.05) is 25.3 Å². The van der Waals surface area contributed by atoms with E-state index < -0.39 is 0 Å². The summed E-state index contributed by atoms with van der Waals surface area (Å²) in [6.07, 6.45) is 3.45. The van der Waals surface area contributed by atoms with Crippen LogP contribution in [0.1, 0.15) is 30.4 Å². The molecule has 1 aliphatic rings. The first-order valence-corrected chi connectivity index (χ1v) is 6.19. The average molecular weight is 248 g/mol. The first-order valence-electron chi connectivity index (χ1n) is 6.19. The van der Waals surface area contributed by atoms with Crippen LogP contribution in [0, 0.1) is 17.1 Å². The lowest BCUT2D eigenvalue weighted by atomic mass is 10.1. The Bertz CT molecular complexity index is 456. The SMILES string of the molecule is COC1CCCC1NCc1cc(C#N)ccc1F. The van der Waals surface area contributed by atoms with Gasteiger partial charge in [-0.3, -0.25) is 0 Å². The molecule has 0 heterocycles. The molecule has 1 aromatic carbocycles.